The number of aromatic nitrogens is 1. The van der Waals surface area contributed by atoms with Gasteiger partial charge in [0.2, 0.25) is 0 Å². The van der Waals surface area contributed by atoms with Crippen LogP contribution in [-0.2, 0) is 17.8 Å². The molecule has 0 aliphatic heterocycles. The largest absolute Gasteiger partial charge is 0.380 e. The third-order valence-corrected chi connectivity index (χ3v) is 2.90. The van der Waals surface area contributed by atoms with Crippen LogP contribution < -0.4 is 5.32 Å². The molecule has 0 bridgehead atoms. The fourth-order valence-electron chi connectivity index (χ4n) is 1.78. The molecular weight excluding hydrogens is 238 g/mol. The Kier molecular flexibility index (Phi) is 8.38. The van der Waals surface area contributed by atoms with Crippen LogP contribution in [-0.4, -0.2) is 43.2 Å². The van der Waals surface area contributed by atoms with Crippen molar-refractivity contribution < 1.29 is 4.74 Å². The Morgan fingerprint density at radius 3 is 2.79 bits per heavy atom. The maximum atomic E-state index is 5.35. The van der Waals surface area contributed by atoms with Gasteiger partial charge < -0.3 is 10.1 Å². The smallest absolute Gasteiger partial charge is 0.0593 e. The highest BCUT2D eigenvalue weighted by molar-refractivity contribution is 5.13. The molecule has 1 N–H and O–H groups in total. The molecule has 108 valence electrons. The van der Waals surface area contributed by atoms with Crippen molar-refractivity contribution in [1.29, 1.82) is 0 Å². The molecule has 0 atom stereocenters. The van der Waals surface area contributed by atoms with E-state index < -0.39 is 0 Å². The van der Waals surface area contributed by atoms with E-state index in [9.17, 15) is 0 Å². The van der Waals surface area contributed by atoms with Gasteiger partial charge >= 0.3 is 0 Å². The third-order valence-electron chi connectivity index (χ3n) is 2.90. The third kappa shape index (κ3) is 7.25. The molecule has 1 aromatic heterocycles. The second-order valence-corrected chi connectivity index (χ2v) is 4.77. The average Bonchev–Trinajstić information content (AvgIpc) is 2.41. The van der Waals surface area contributed by atoms with Gasteiger partial charge in [-0.1, -0.05) is 13.0 Å². The first kappa shape index (κ1) is 16.1. The highest BCUT2D eigenvalue weighted by Gasteiger charge is 2.01. The molecule has 4 heteroatoms. The topological polar surface area (TPSA) is 37.4 Å². The first-order valence-electron chi connectivity index (χ1n) is 7.17. The normalized spacial score (nSPS) is 11.2. The fourth-order valence-corrected chi connectivity index (χ4v) is 1.78. The second kappa shape index (κ2) is 9.89. The van der Waals surface area contributed by atoms with Gasteiger partial charge in [-0.2, -0.15) is 0 Å². The van der Waals surface area contributed by atoms with Gasteiger partial charge in [0.15, 0.2) is 0 Å². The molecule has 19 heavy (non-hydrogen) atoms. The Morgan fingerprint density at radius 1 is 1.32 bits per heavy atom. The number of nitrogens with zero attached hydrogens (tertiary/aromatic N) is 2. The van der Waals surface area contributed by atoms with Crippen LogP contribution in [0.1, 0.15) is 31.5 Å². The number of nitrogens with one attached hydrogen (secondary N) is 1. The minimum atomic E-state index is 0.783. The highest BCUT2D eigenvalue weighted by Crippen LogP contribution is 2.03. The van der Waals surface area contributed by atoms with Crippen LogP contribution >= 0.6 is 0 Å². The zero-order valence-electron chi connectivity index (χ0n) is 12.5. The van der Waals surface area contributed by atoms with E-state index in [-0.39, 0.29) is 0 Å². The molecule has 0 unspecified atom stereocenters. The molecule has 0 aliphatic carbocycles. The average molecular weight is 265 g/mol. The van der Waals surface area contributed by atoms with Crippen LogP contribution in [0.3, 0.4) is 0 Å². The van der Waals surface area contributed by atoms with Crippen LogP contribution in [0.25, 0.3) is 0 Å². The maximum absolute atomic E-state index is 5.35. The van der Waals surface area contributed by atoms with Crippen LogP contribution in [0.2, 0.25) is 0 Å². The van der Waals surface area contributed by atoms with Crippen LogP contribution in [0.5, 0.6) is 0 Å². The zero-order valence-corrected chi connectivity index (χ0v) is 12.5. The molecular formula is C15H27N3O. The molecule has 0 saturated carbocycles. The lowest BCUT2D eigenvalue weighted by Crippen LogP contribution is -2.23. The standard InChI is InChI=1S/C15H27N3O/c1-4-8-16-11-14-6-7-15(17-12-14)13-18(3)9-10-19-5-2/h6-7,12,16H,4-5,8-11,13H2,1-3H3. The van der Waals surface area contributed by atoms with Crippen LogP contribution in [0.4, 0.5) is 0 Å². The van der Waals surface area contributed by atoms with Crippen molar-refractivity contribution in [2.24, 2.45) is 0 Å². The van der Waals surface area contributed by atoms with Crippen molar-refractivity contribution in [2.75, 3.05) is 33.4 Å². The molecule has 0 fully saturated rings. The minimum Gasteiger partial charge on any atom is -0.380 e. The van der Waals surface area contributed by atoms with E-state index in [0.717, 1.165) is 51.5 Å². The van der Waals surface area contributed by atoms with Crippen molar-refractivity contribution in [3.8, 4) is 0 Å². The molecule has 0 amide bonds. The number of likely N-dealkylation sites (N-methyl/N-ethyl adjacent to an activating group) is 1. The first-order chi connectivity index (χ1) is 9.26. The lowest BCUT2D eigenvalue weighted by Gasteiger charge is -2.16. The Hall–Kier alpha value is -0.970. The first-order valence-corrected chi connectivity index (χ1v) is 7.17. The number of hydrogen-bond donors (Lipinski definition) is 1. The summed E-state index contributed by atoms with van der Waals surface area (Å²) >= 11 is 0. The van der Waals surface area contributed by atoms with Crippen LogP contribution in [0.15, 0.2) is 18.3 Å². The summed E-state index contributed by atoms with van der Waals surface area (Å²) in [4.78, 5) is 6.73. The van der Waals surface area contributed by atoms with Gasteiger partial charge in [0.25, 0.3) is 0 Å². The van der Waals surface area contributed by atoms with Gasteiger partial charge in [-0.25, -0.2) is 0 Å². The van der Waals surface area contributed by atoms with Gasteiger partial charge in [0.1, 0.15) is 0 Å². The van der Waals surface area contributed by atoms with Gasteiger partial charge in [-0.3, -0.25) is 9.88 Å². The van der Waals surface area contributed by atoms with E-state index in [4.69, 9.17) is 4.74 Å². The molecule has 0 aliphatic rings. The summed E-state index contributed by atoms with van der Waals surface area (Å²) in [7, 11) is 2.09. The minimum absolute atomic E-state index is 0.783. The fraction of sp³-hybridized carbons (Fsp3) is 0.667. The Balaban J connectivity index is 2.30. The molecule has 0 radical (unpaired) electrons. The predicted octanol–water partition coefficient (Wildman–Crippen LogP) is 2.05. The van der Waals surface area contributed by atoms with E-state index in [2.05, 4.69) is 41.3 Å². The summed E-state index contributed by atoms with van der Waals surface area (Å²) in [5.74, 6) is 0. The van der Waals surface area contributed by atoms with Crippen molar-refractivity contribution in [2.45, 2.75) is 33.4 Å². The SMILES string of the molecule is CCCNCc1ccc(CN(C)CCOCC)nc1. The molecule has 0 spiro atoms. The summed E-state index contributed by atoms with van der Waals surface area (Å²) in [6, 6.07) is 4.27. The maximum Gasteiger partial charge on any atom is 0.0593 e. The highest BCUT2D eigenvalue weighted by atomic mass is 16.5. The van der Waals surface area contributed by atoms with Gasteiger partial charge in [0.05, 0.1) is 12.3 Å². The number of hydrogen-bond acceptors (Lipinski definition) is 4. The number of rotatable bonds is 10. The summed E-state index contributed by atoms with van der Waals surface area (Å²) in [6.45, 7) is 9.53. The zero-order chi connectivity index (χ0) is 13.9. The van der Waals surface area contributed by atoms with E-state index in [1.54, 1.807) is 0 Å². The van der Waals surface area contributed by atoms with Crippen molar-refractivity contribution >= 4 is 0 Å². The molecule has 1 heterocycles. The number of ether oxygens (including phenoxy) is 1. The number of pyridine rings is 1. The summed E-state index contributed by atoms with van der Waals surface area (Å²) in [5.41, 5.74) is 2.35. The second-order valence-electron chi connectivity index (χ2n) is 4.77. The summed E-state index contributed by atoms with van der Waals surface area (Å²) < 4.78 is 5.35. The van der Waals surface area contributed by atoms with E-state index in [1.807, 2.05) is 13.1 Å². The van der Waals surface area contributed by atoms with E-state index >= 15 is 0 Å². The summed E-state index contributed by atoms with van der Waals surface area (Å²) in [6.07, 6.45) is 3.13. The molecule has 1 rings (SSSR count). The summed E-state index contributed by atoms with van der Waals surface area (Å²) in [5, 5.41) is 3.38. The van der Waals surface area contributed by atoms with Crippen molar-refractivity contribution in [1.82, 2.24) is 15.2 Å². The van der Waals surface area contributed by atoms with E-state index in [1.165, 1.54) is 5.56 Å². The lowest BCUT2D eigenvalue weighted by molar-refractivity contribution is 0.120. The van der Waals surface area contributed by atoms with Crippen molar-refractivity contribution in [3.05, 3.63) is 29.6 Å². The Bertz CT molecular complexity index is 327. The van der Waals surface area contributed by atoms with Gasteiger partial charge in [0, 0.05) is 32.4 Å². The quantitative estimate of drug-likeness (QED) is 0.657. The van der Waals surface area contributed by atoms with Gasteiger partial charge in [-0.05, 0) is 38.6 Å². The molecule has 1 aromatic rings. The monoisotopic (exact) mass is 265 g/mol. The molecule has 0 aromatic carbocycles. The van der Waals surface area contributed by atoms with Crippen molar-refractivity contribution in [3.63, 3.8) is 0 Å². The molecule has 0 saturated heterocycles. The van der Waals surface area contributed by atoms with E-state index in [0.29, 0.717) is 0 Å². The predicted molar refractivity (Wildman–Crippen MR) is 79.1 cm³/mol. The molecule has 4 nitrogen and oxygen atoms in total. The Labute approximate surface area is 117 Å². The van der Waals surface area contributed by atoms with Crippen LogP contribution in [0, 0.1) is 0 Å². The Morgan fingerprint density at radius 2 is 2.16 bits per heavy atom. The van der Waals surface area contributed by atoms with Gasteiger partial charge in [-0.15, -0.1) is 0 Å². The lowest BCUT2D eigenvalue weighted by atomic mass is 10.2.